The number of nitrogens with zero attached hydrogens (tertiary/aromatic N) is 1. The van der Waals surface area contributed by atoms with Crippen LogP contribution in [0.1, 0.15) is 0 Å². The Morgan fingerprint density at radius 2 is 0.580 bits per heavy atom. The smallest absolute Gasteiger partial charge is 0.0546 e. The zero-order valence-electron chi connectivity index (χ0n) is 38.1. The van der Waals surface area contributed by atoms with E-state index in [9.17, 15) is 0 Å². The first-order valence-corrected chi connectivity index (χ1v) is 23.8. The Morgan fingerprint density at radius 1 is 0.203 bits per heavy atom. The lowest BCUT2D eigenvalue weighted by Crippen LogP contribution is -2.11. The molecule has 0 radical (unpaired) electrons. The van der Waals surface area contributed by atoms with Crippen molar-refractivity contribution >= 4 is 38.6 Å². The summed E-state index contributed by atoms with van der Waals surface area (Å²) >= 11 is 0. The van der Waals surface area contributed by atoms with E-state index in [1.54, 1.807) is 0 Å². The Bertz CT molecular complexity index is 3720. The van der Waals surface area contributed by atoms with E-state index in [1.165, 1.54) is 93.9 Å². The van der Waals surface area contributed by atoms with Crippen LogP contribution in [0.4, 0.5) is 17.1 Å². The fourth-order valence-electron chi connectivity index (χ4n) is 10.3. The van der Waals surface area contributed by atoms with Crippen molar-refractivity contribution in [2.24, 2.45) is 0 Å². The molecule has 69 heavy (non-hydrogen) atoms. The monoisotopic (exact) mass is 877 g/mol. The van der Waals surface area contributed by atoms with Crippen LogP contribution in [0, 0.1) is 0 Å². The lowest BCUT2D eigenvalue weighted by atomic mass is 9.84. The second-order valence-corrected chi connectivity index (χ2v) is 17.6. The van der Waals surface area contributed by atoms with Crippen molar-refractivity contribution in [2.45, 2.75) is 0 Å². The molecule has 0 heterocycles. The number of hydrogen-bond donors (Lipinski definition) is 0. The second-order valence-electron chi connectivity index (χ2n) is 17.6. The van der Waals surface area contributed by atoms with Crippen LogP contribution in [-0.2, 0) is 0 Å². The fourth-order valence-corrected chi connectivity index (χ4v) is 10.3. The first-order valence-electron chi connectivity index (χ1n) is 23.8. The molecule has 0 spiro atoms. The Balaban J connectivity index is 1.10. The highest BCUT2D eigenvalue weighted by molar-refractivity contribution is 6.25. The highest BCUT2D eigenvalue weighted by Gasteiger charge is 2.24. The van der Waals surface area contributed by atoms with Gasteiger partial charge >= 0.3 is 0 Å². The maximum absolute atomic E-state index is 2.48. The number of hydrogen-bond acceptors (Lipinski definition) is 1. The van der Waals surface area contributed by atoms with Crippen molar-refractivity contribution in [3.63, 3.8) is 0 Å². The van der Waals surface area contributed by atoms with E-state index in [0.717, 1.165) is 22.6 Å². The van der Waals surface area contributed by atoms with Gasteiger partial charge in [0, 0.05) is 16.8 Å². The zero-order valence-corrected chi connectivity index (χ0v) is 38.1. The largest absolute Gasteiger partial charge is 0.310 e. The van der Waals surface area contributed by atoms with Gasteiger partial charge in [-0.15, -0.1) is 0 Å². The third kappa shape index (κ3) is 7.86. The predicted molar refractivity (Wildman–Crippen MR) is 294 cm³/mol. The molecule has 0 aliphatic heterocycles. The summed E-state index contributed by atoms with van der Waals surface area (Å²) in [5.41, 5.74) is 20.0. The average Bonchev–Trinajstić information content (AvgIpc) is 3.44. The van der Waals surface area contributed by atoms with E-state index in [0.29, 0.717) is 0 Å². The van der Waals surface area contributed by atoms with Gasteiger partial charge in [0.25, 0.3) is 0 Å². The predicted octanol–water partition coefficient (Wildman–Crippen LogP) is 19.1. The fraction of sp³-hybridized carbons (Fsp3) is 0. The van der Waals surface area contributed by atoms with E-state index in [2.05, 4.69) is 290 Å². The SMILES string of the molecule is c1ccc(-c2ccc(-c3ccc(N(c4ccc(-c5ccccc5)c(-c5ccccc5)c4)c4cccc5c(-c6ccccc6)c(-c6ccccc6)c6ccccc6c45)cc3)cc2-c2ccccc2)cc1. The summed E-state index contributed by atoms with van der Waals surface area (Å²) in [6.07, 6.45) is 0. The average molecular weight is 878 g/mol. The lowest BCUT2D eigenvalue weighted by molar-refractivity contribution is 1.30. The molecule has 1 nitrogen and oxygen atoms in total. The number of benzene rings is 12. The van der Waals surface area contributed by atoms with Gasteiger partial charge in [0.15, 0.2) is 0 Å². The van der Waals surface area contributed by atoms with Gasteiger partial charge in [0.2, 0.25) is 0 Å². The standard InChI is InChI=1S/C68H47N/c1-7-22-49(23-8-1)58-44-40-55(46-63(58)51-26-11-3-12-27-51)48-38-41-56(42-39-48)69(57-43-45-59(50-24-9-2-10-25-50)64(47-57)52-28-13-4-14-29-52)65-37-21-36-62-67(54-32-17-6-18-33-54)66(53-30-15-5-16-31-53)60-34-19-20-35-61(60)68(62)65/h1-47H. The molecule has 324 valence electrons. The number of fused-ring (bicyclic) bond motifs is 3. The van der Waals surface area contributed by atoms with Crippen molar-refractivity contribution in [3.05, 3.63) is 285 Å². The second kappa shape index (κ2) is 18.3. The molecule has 0 saturated heterocycles. The summed E-state index contributed by atoms with van der Waals surface area (Å²) in [7, 11) is 0. The third-order valence-electron chi connectivity index (χ3n) is 13.5. The molecule has 0 atom stereocenters. The maximum atomic E-state index is 2.48. The molecule has 1 heteroatoms. The van der Waals surface area contributed by atoms with Crippen LogP contribution < -0.4 is 4.90 Å². The molecule has 0 fully saturated rings. The van der Waals surface area contributed by atoms with Crippen LogP contribution in [0.25, 0.3) is 99.4 Å². The summed E-state index contributed by atoms with van der Waals surface area (Å²) in [6, 6.07) is 104. The first kappa shape index (κ1) is 41.4. The van der Waals surface area contributed by atoms with Gasteiger partial charge < -0.3 is 4.90 Å². The van der Waals surface area contributed by atoms with Gasteiger partial charge in [-0.1, -0.05) is 249 Å². The van der Waals surface area contributed by atoms with Crippen LogP contribution >= 0.6 is 0 Å². The van der Waals surface area contributed by atoms with Crippen LogP contribution in [0.15, 0.2) is 285 Å². The molecule has 0 unspecified atom stereocenters. The minimum absolute atomic E-state index is 1.07. The molecular formula is C68H47N. The molecule has 0 saturated carbocycles. The molecule has 0 amide bonds. The van der Waals surface area contributed by atoms with Gasteiger partial charge in [-0.25, -0.2) is 0 Å². The van der Waals surface area contributed by atoms with E-state index in [1.807, 2.05) is 0 Å². The molecule has 0 aromatic heterocycles. The summed E-state index contributed by atoms with van der Waals surface area (Å²) in [4.78, 5) is 2.48. The van der Waals surface area contributed by atoms with Crippen molar-refractivity contribution < 1.29 is 0 Å². The molecule has 12 rings (SSSR count). The maximum Gasteiger partial charge on any atom is 0.0546 e. The molecule has 12 aromatic rings. The highest BCUT2D eigenvalue weighted by atomic mass is 15.1. The van der Waals surface area contributed by atoms with Gasteiger partial charge in [0.05, 0.1) is 5.69 Å². The van der Waals surface area contributed by atoms with Crippen LogP contribution in [0.3, 0.4) is 0 Å². The Kier molecular flexibility index (Phi) is 11.0. The van der Waals surface area contributed by atoms with Gasteiger partial charge in [0.1, 0.15) is 0 Å². The summed E-state index contributed by atoms with van der Waals surface area (Å²) in [6.45, 7) is 0. The van der Waals surface area contributed by atoms with Gasteiger partial charge in [-0.2, -0.15) is 0 Å². The van der Waals surface area contributed by atoms with Crippen LogP contribution in [-0.4, -0.2) is 0 Å². The van der Waals surface area contributed by atoms with E-state index in [-0.39, 0.29) is 0 Å². The summed E-state index contributed by atoms with van der Waals surface area (Å²) < 4.78 is 0. The third-order valence-corrected chi connectivity index (χ3v) is 13.5. The van der Waals surface area contributed by atoms with Crippen molar-refractivity contribution in [2.75, 3.05) is 4.90 Å². The molecule has 0 bridgehead atoms. The summed E-state index contributed by atoms with van der Waals surface area (Å²) in [5.74, 6) is 0. The van der Waals surface area contributed by atoms with Crippen LogP contribution in [0.5, 0.6) is 0 Å². The molecular weight excluding hydrogens is 831 g/mol. The Labute approximate surface area is 404 Å². The molecule has 12 aromatic carbocycles. The highest BCUT2D eigenvalue weighted by Crippen LogP contribution is 2.50. The number of anilines is 3. The van der Waals surface area contributed by atoms with Crippen molar-refractivity contribution in [1.82, 2.24) is 0 Å². The Morgan fingerprint density at radius 3 is 1.10 bits per heavy atom. The van der Waals surface area contributed by atoms with Crippen LogP contribution in [0.2, 0.25) is 0 Å². The van der Waals surface area contributed by atoms with E-state index in [4.69, 9.17) is 0 Å². The molecule has 0 aliphatic carbocycles. The van der Waals surface area contributed by atoms with Gasteiger partial charge in [-0.05, 0) is 130 Å². The zero-order chi connectivity index (χ0) is 45.9. The Hall–Kier alpha value is -9.04. The quantitative estimate of drug-likeness (QED) is 0.124. The molecule has 0 N–H and O–H groups in total. The van der Waals surface area contributed by atoms with E-state index >= 15 is 0 Å². The first-order chi connectivity index (χ1) is 34.3. The topological polar surface area (TPSA) is 3.24 Å². The van der Waals surface area contributed by atoms with Gasteiger partial charge in [-0.3, -0.25) is 0 Å². The normalized spacial score (nSPS) is 11.2. The van der Waals surface area contributed by atoms with E-state index < -0.39 is 0 Å². The molecule has 0 aliphatic rings. The number of rotatable bonds is 10. The minimum Gasteiger partial charge on any atom is -0.310 e. The summed E-state index contributed by atoms with van der Waals surface area (Å²) in [5, 5.41) is 4.83. The minimum atomic E-state index is 1.07. The van der Waals surface area contributed by atoms with Crippen molar-refractivity contribution in [1.29, 1.82) is 0 Å². The lowest BCUT2D eigenvalue weighted by Gasteiger charge is -2.30. The van der Waals surface area contributed by atoms with Crippen molar-refractivity contribution in [3.8, 4) is 77.9 Å².